The number of piperidine rings is 1. The summed E-state index contributed by atoms with van der Waals surface area (Å²) in [5.74, 6) is 0.0540. The summed E-state index contributed by atoms with van der Waals surface area (Å²) >= 11 is 0. The highest BCUT2D eigenvalue weighted by Crippen LogP contribution is 2.36. The van der Waals surface area contributed by atoms with E-state index in [4.69, 9.17) is 0 Å². The van der Waals surface area contributed by atoms with E-state index in [2.05, 4.69) is 10.2 Å². The third kappa shape index (κ3) is 4.79. The lowest BCUT2D eigenvalue weighted by atomic mass is 9.96. The zero-order chi connectivity index (χ0) is 23.7. The average molecular weight is 467 g/mol. The van der Waals surface area contributed by atoms with Crippen molar-refractivity contribution in [2.75, 3.05) is 26.2 Å². The number of aliphatic hydroxyl groups is 1. The van der Waals surface area contributed by atoms with Crippen LogP contribution in [0.25, 0.3) is 11.0 Å². The van der Waals surface area contributed by atoms with E-state index in [9.17, 15) is 19.1 Å². The maximum atomic E-state index is 13.1. The van der Waals surface area contributed by atoms with Gasteiger partial charge >= 0.3 is 11.7 Å². The molecule has 1 aliphatic heterocycles. The molecule has 1 unspecified atom stereocenters. The molecule has 34 heavy (non-hydrogen) atoms. The summed E-state index contributed by atoms with van der Waals surface area (Å²) in [5, 5.41) is 13.3. The zero-order valence-electron chi connectivity index (χ0n) is 19.2. The van der Waals surface area contributed by atoms with Crippen molar-refractivity contribution in [1.82, 2.24) is 19.4 Å². The Morgan fingerprint density at radius 3 is 2.38 bits per heavy atom. The number of hydrogen-bond acceptors (Lipinski definition) is 4. The second-order valence-corrected chi connectivity index (χ2v) is 9.53. The number of imidazole rings is 1. The Labute approximate surface area is 197 Å². The average Bonchev–Trinajstić information content (AvgIpc) is 3.64. The molecule has 1 amide bonds. The van der Waals surface area contributed by atoms with Gasteiger partial charge in [-0.25, -0.2) is 18.5 Å². The minimum absolute atomic E-state index is 0.206. The number of amides is 1. The highest BCUT2D eigenvalue weighted by molar-refractivity contribution is 5.89. The maximum Gasteiger partial charge on any atom is 0.337 e. The first kappa shape index (κ1) is 22.8. The Morgan fingerprint density at radius 1 is 1.03 bits per heavy atom. The summed E-state index contributed by atoms with van der Waals surface area (Å²) in [6.07, 6.45) is 3.86. The topological polar surface area (TPSA) is 79.5 Å². The standard InChI is InChI=1S/C26H31FN4O3/c27-20-7-5-19(6-8-20)24(32)13-16-29-14-11-18(12-15-29)17-28-25(33)31-23-4-2-1-3-22(23)30(26(31)34)21-9-10-21/h1-8,18,21,24,32H,9-17H2,(H,28,33). The first-order valence-corrected chi connectivity index (χ1v) is 12.2. The lowest BCUT2D eigenvalue weighted by molar-refractivity contribution is 0.123. The van der Waals surface area contributed by atoms with E-state index >= 15 is 0 Å². The molecule has 1 atom stereocenters. The van der Waals surface area contributed by atoms with Crippen LogP contribution in [0, 0.1) is 11.7 Å². The van der Waals surface area contributed by atoms with Gasteiger partial charge in [0.2, 0.25) is 0 Å². The molecule has 1 saturated heterocycles. The summed E-state index contributed by atoms with van der Waals surface area (Å²) in [6, 6.07) is 13.3. The number of likely N-dealkylation sites (tertiary alicyclic amines) is 1. The fourth-order valence-electron chi connectivity index (χ4n) is 4.93. The molecule has 2 N–H and O–H groups in total. The van der Waals surface area contributed by atoms with Crippen LogP contribution < -0.4 is 11.0 Å². The maximum absolute atomic E-state index is 13.1. The third-order valence-electron chi connectivity index (χ3n) is 7.12. The smallest absolute Gasteiger partial charge is 0.337 e. The molecule has 5 rings (SSSR count). The van der Waals surface area contributed by atoms with Crippen LogP contribution in [0.3, 0.4) is 0 Å². The van der Waals surface area contributed by atoms with Gasteiger partial charge < -0.3 is 15.3 Å². The second-order valence-electron chi connectivity index (χ2n) is 9.53. The number of nitrogens with one attached hydrogen (secondary N) is 1. The number of halogens is 1. The van der Waals surface area contributed by atoms with Crippen LogP contribution in [0.2, 0.25) is 0 Å². The van der Waals surface area contributed by atoms with Crippen molar-refractivity contribution < 1.29 is 14.3 Å². The quantitative estimate of drug-likeness (QED) is 0.557. The number of aliphatic hydroxyl groups excluding tert-OH is 1. The SMILES string of the molecule is O=C(NCC1CCN(CCC(O)c2ccc(F)cc2)CC1)n1c(=O)n(C2CC2)c2ccccc21. The number of rotatable bonds is 7. The van der Waals surface area contributed by atoms with Crippen molar-refractivity contribution in [3.8, 4) is 0 Å². The minimum Gasteiger partial charge on any atom is -0.388 e. The van der Waals surface area contributed by atoms with Crippen molar-refractivity contribution in [3.63, 3.8) is 0 Å². The summed E-state index contributed by atoms with van der Waals surface area (Å²) in [6.45, 7) is 3.11. The molecule has 1 aliphatic carbocycles. The number of fused-ring (bicyclic) bond motifs is 1. The van der Waals surface area contributed by atoms with Gasteiger partial charge in [0.05, 0.1) is 17.1 Å². The van der Waals surface area contributed by atoms with Crippen LogP contribution in [0.15, 0.2) is 53.3 Å². The lowest BCUT2D eigenvalue weighted by Gasteiger charge is -2.32. The van der Waals surface area contributed by atoms with Gasteiger partial charge in [-0.2, -0.15) is 0 Å². The number of hydrogen-bond donors (Lipinski definition) is 2. The lowest BCUT2D eigenvalue weighted by Crippen LogP contribution is -2.42. The van der Waals surface area contributed by atoms with Crippen LogP contribution in [0.4, 0.5) is 9.18 Å². The van der Waals surface area contributed by atoms with Gasteiger partial charge in [0.25, 0.3) is 0 Å². The normalized spacial score (nSPS) is 18.3. The van der Waals surface area contributed by atoms with Gasteiger partial charge in [-0.15, -0.1) is 0 Å². The fraction of sp³-hybridized carbons (Fsp3) is 0.462. The fourth-order valence-corrected chi connectivity index (χ4v) is 4.93. The number of carbonyl (C=O) groups excluding carboxylic acids is 1. The number of para-hydroxylation sites is 2. The van der Waals surface area contributed by atoms with Crippen molar-refractivity contribution >= 4 is 17.1 Å². The van der Waals surface area contributed by atoms with E-state index in [-0.39, 0.29) is 23.6 Å². The van der Waals surface area contributed by atoms with Gasteiger partial charge in [-0.05, 0) is 80.9 Å². The van der Waals surface area contributed by atoms with Crippen LogP contribution in [-0.4, -0.2) is 51.4 Å². The van der Waals surface area contributed by atoms with E-state index < -0.39 is 6.10 Å². The first-order valence-electron chi connectivity index (χ1n) is 12.2. The Kier molecular flexibility index (Phi) is 6.52. The van der Waals surface area contributed by atoms with Crippen molar-refractivity contribution in [2.45, 2.75) is 44.2 Å². The third-order valence-corrected chi connectivity index (χ3v) is 7.12. The highest BCUT2D eigenvalue weighted by atomic mass is 19.1. The van der Waals surface area contributed by atoms with Crippen LogP contribution in [0.5, 0.6) is 0 Å². The molecule has 2 heterocycles. The molecule has 3 aromatic rings. The van der Waals surface area contributed by atoms with Gasteiger partial charge in [-0.3, -0.25) is 4.57 Å². The van der Waals surface area contributed by atoms with Gasteiger partial charge in [0.1, 0.15) is 5.82 Å². The van der Waals surface area contributed by atoms with Gasteiger partial charge in [0.15, 0.2) is 0 Å². The Bertz CT molecular complexity index is 1210. The molecule has 2 fully saturated rings. The largest absolute Gasteiger partial charge is 0.388 e. The summed E-state index contributed by atoms with van der Waals surface area (Å²) in [7, 11) is 0. The highest BCUT2D eigenvalue weighted by Gasteiger charge is 2.30. The van der Waals surface area contributed by atoms with Crippen molar-refractivity contribution in [2.24, 2.45) is 5.92 Å². The number of nitrogens with zero attached hydrogens (tertiary/aromatic N) is 3. The van der Waals surface area contributed by atoms with Crippen LogP contribution in [0.1, 0.15) is 49.8 Å². The molecule has 0 bridgehead atoms. The molecule has 0 spiro atoms. The van der Waals surface area contributed by atoms with Gasteiger partial charge in [-0.1, -0.05) is 24.3 Å². The predicted molar refractivity (Wildman–Crippen MR) is 128 cm³/mol. The minimum atomic E-state index is -0.603. The zero-order valence-corrected chi connectivity index (χ0v) is 19.2. The number of benzene rings is 2. The summed E-state index contributed by atoms with van der Waals surface area (Å²) < 4.78 is 16.1. The molecular formula is C26H31FN4O3. The van der Waals surface area contributed by atoms with E-state index in [1.807, 2.05) is 24.3 Å². The van der Waals surface area contributed by atoms with Crippen molar-refractivity contribution in [3.05, 3.63) is 70.4 Å². The second kappa shape index (κ2) is 9.72. The Morgan fingerprint density at radius 2 is 1.71 bits per heavy atom. The summed E-state index contributed by atoms with van der Waals surface area (Å²) in [4.78, 5) is 28.2. The molecule has 1 saturated carbocycles. The molecule has 7 nitrogen and oxygen atoms in total. The molecule has 8 heteroatoms. The number of carbonyl (C=O) groups is 1. The van der Waals surface area contributed by atoms with Crippen LogP contribution in [-0.2, 0) is 0 Å². The molecule has 0 radical (unpaired) electrons. The van der Waals surface area contributed by atoms with E-state index in [0.29, 0.717) is 24.4 Å². The Hall–Kier alpha value is -2.97. The van der Waals surface area contributed by atoms with E-state index in [1.165, 1.54) is 16.7 Å². The molecule has 2 aromatic carbocycles. The first-order chi connectivity index (χ1) is 16.5. The molecule has 1 aromatic heterocycles. The number of aromatic nitrogens is 2. The molecular weight excluding hydrogens is 435 g/mol. The summed E-state index contributed by atoms with van der Waals surface area (Å²) in [5.41, 5.74) is 1.96. The predicted octanol–water partition coefficient (Wildman–Crippen LogP) is 3.67. The van der Waals surface area contributed by atoms with Crippen molar-refractivity contribution in [1.29, 1.82) is 0 Å². The molecule has 180 valence electrons. The van der Waals surface area contributed by atoms with Crippen LogP contribution >= 0.6 is 0 Å². The molecule has 2 aliphatic rings. The Balaban J connectivity index is 1.12. The van der Waals surface area contributed by atoms with E-state index in [0.717, 1.165) is 56.4 Å². The monoisotopic (exact) mass is 466 g/mol. The van der Waals surface area contributed by atoms with E-state index in [1.54, 1.807) is 16.7 Å². The van der Waals surface area contributed by atoms with Gasteiger partial charge in [0, 0.05) is 19.1 Å².